The lowest BCUT2D eigenvalue weighted by Gasteiger charge is -2.20. The standard InChI is InChI=1S/C32H35ClF3N7O5S/c1-2-11-30(14-15-30)49(46,47)43-25(45)29(12-13-29)18-37-24(44)20-3-9-23(10-4-20)38-26-39-27(41-28(40-26)48-19-32(34,35)36)42-31(16-17-31)21-5-7-22(33)8-6-21/h3-10H,2,11-19H2,1H3,(H,37,44)(H,43,45)(H2,38,39,40,41,42). The van der Waals surface area contributed by atoms with Gasteiger partial charge in [-0.3, -0.25) is 14.3 Å². The monoisotopic (exact) mass is 721 g/mol. The number of amides is 2. The summed E-state index contributed by atoms with van der Waals surface area (Å²) in [4.78, 5) is 38.3. The number of carbonyl (C=O) groups excluding carboxylic acids is 2. The third kappa shape index (κ3) is 8.01. The second-order valence-electron chi connectivity index (χ2n) is 12.9. The van der Waals surface area contributed by atoms with Crippen molar-refractivity contribution >= 4 is 51.0 Å². The summed E-state index contributed by atoms with van der Waals surface area (Å²) in [6.45, 7) is 0.285. The molecule has 4 N–H and O–H groups in total. The molecule has 262 valence electrons. The zero-order chi connectivity index (χ0) is 35.1. The van der Waals surface area contributed by atoms with Crippen molar-refractivity contribution in [3.63, 3.8) is 0 Å². The van der Waals surface area contributed by atoms with E-state index in [0.717, 1.165) is 18.4 Å². The number of rotatable bonds is 15. The van der Waals surface area contributed by atoms with E-state index < -0.39 is 56.3 Å². The second kappa shape index (κ2) is 12.9. The van der Waals surface area contributed by atoms with Gasteiger partial charge in [0.2, 0.25) is 27.8 Å². The van der Waals surface area contributed by atoms with Crippen LogP contribution in [0.15, 0.2) is 48.5 Å². The fourth-order valence-electron chi connectivity index (χ4n) is 5.68. The minimum Gasteiger partial charge on any atom is -0.454 e. The van der Waals surface area contributed by atoms with Gasteiger partial charge in [-0.2, -0.15) is 28.1 Å². The Morgan fingerprint density at radius 3 is 2.14 bits per heavy atom. The van der Waals surface area contributed by atoms with Crippen molar-refractivity contribution in [1.82, 2.24) is 25.0 Å². The molecule has 0 unspecified atom stereocenters. The van der Waals surface area contributed by atoms with Crippen molar-refractivity contribution in [2.24, 2.45) is 5.41 Å². The van der Waals surface area contributed by atoms with Gasteiger partial charge in [0.1, 0.15) is 0 Å². The van der Waals surface area contributed by atoms with Crippen LogP contribution in [0.4, 0.5) is 30.8 Å². The molecule has 3 aliphatic carbocycles. The van der Waals surface area contributed by atoms with Gasteiger partial charge in [-0.05, 0) is 86.9 Å². The molecule has 17 heteroatoms. The molecule has 3 fully saturated rings. The number of benzene rings is 2. The number of halogens is 4. The van der Waals surface area contributed by atoms with Crippen LogP contribution in [0.5, 0.6) is 6.01 Å². The van der Waals surface area contributed by atoms with Gasteiger partial charge in [0.15, 0.2) is 6.61 Å². The van der Waals surface area contributed by atoms with Crippen molar-refractivity contribution < 1.29 is 35.9 Å². The number of hydrogen-bond donors (Lipinski definition) is 4. The average molecular weight is 722 g/mol. The maximum absolute atomic E-state index is 13.0. The minimum atomic E-state index is -4.61. The molecule has 3 aromatic rings. The first-order valence-corrected chi connectivity index (χ1v) is 17.7. The van der Waals surface area contributed by atoms with Gasteiger partial charge >= 0.3 is 12.2 Å². The zero-order valence-electron chi connectivity index (χ0n) is 26.5. The van der Waals surface area contributed by atoms with Crippen LogP contribution in [-0.4, -0.2) is 59.3 Å². The highest BCUT2D eigenvalue weighted by atomic mass is 35.5. The van der Waals surface area contributed by atoms with Gasteiger partial charge < -0.3 is 20.7 Å². The SMILES string of the molecule is CCCC1(S(=O)(=O)NC(=O)C2(CNC(=O)c3ccc(Nc4nc(NC5(c6ccc(Cl)cc6)CC5)nc(OCC(F)(F)F)n4)cc3)CC2)CC1. The summed E-state index contributed by atoms with van der Waals surface area (Å²) in [7, 11) is -3.81. The van der Waals surface area contributed by atoms with E-state index in [1.807, 2.05) is 19.1 Å². The van der Waals surface area contributed by atoms with Crippen molar-refractivity contribution in [2.75, 3.05) is 23.8 Å². The molecule has 2 aromatic carbocycles. The number of sulfonamides is 1. The predicted octanol–water partition coefficient (Wildman–Crippen LogP) is 5.60. The molecule has 0 bridgehead atoms. The average Bonchev–Trinajstić information content (AvgIpc) is 3.92. The number of carbonyl (C=O) groups is 2. The van der Waals surface area contributed by atoms with Crippen LogP contribution in [0.3, 0.4) is 0 Å². The van der Waals surface area contributed by atoms with E-state index in [1.54, 1.807) is 24.3 Å². The molecule has 1 heterocycles. The first kappa shape index (κ1) is 34.7. The molecule has 0 atom stereocenters. The molecule has 0 spiro atoms. The molecule has 3 saturated carbocycles. The lowest BCUT2D eigenvalue weighted by atomic mass is 10.1. The lowest BCUT2D eigenvalue weighted by Crippen LogP contribution is -2.46. The number of alkyl halides is 3. The Hall–Kier alpha value is -4.18. The summed E-state index contributed by atoms with van der Waals surface area (Å²) in [6.07, 6.45) is 0.0107. The zero-order valence-corrected chi connectivity index (χ0v) is 28.1. The predicted molar refractivity (Wildman–Crippen MR) is 175 cm³/mol. The van der Waals surface area contributed by atoms with Gasteiger partial charge in [0, 0.05) is 22.8 Å². The van der Waals surface area contributed by atoms with E-state index >= 15 is 0 Å². The normalized spacial score (nSPS) is 18.1. The molecular formula is C32H35ClF3N7O5S. The number of hydrogen-bond acceptors (Lipinski definition) is 10. The van der Waals surface area contributed by atoms with E-state index in [9.17, 15) is 31.2 Å². The minimum absolute atomic E-state index is 0.00151. The third-order valence-corrected chi connectivity index (χ3v) is 11.6. The van der Waals surface area contributed by atoms with Crippen LogP contribution < -0.4 is 25.4 Å². The maximum atomic E-state index is 13.0. The van der Waals surface area contributed by atoms with Gasteiger partial charge in [0.25, 0.3) is 5.91 Å². The van der Waals surface area contributed by atoms with Gasteiger partial charge in [-0.1, -0.05) is 37.1 Å². The lowest BCUT2D eigenvalue weighted by molar-refractivity contribution is -0.154. The van der Waals surface area contributed by atoms with Crippen LogP contribution in [0.2, 0.25) is 5.02 Å². The van der Waals surface area contributed by atoms with E-state index in [2.05, 4.69) is 35.6 Å². The molecule has 3 aliphatic rings. The Balaban J connectivity index is 1.10. The summed E-state index contributed by atoms with van der Waals surface area (Å²) >= 11 is 6.02. The van der Waals surface area contributed by atoms with Crippen molar-refractivity contribution in [2.45, 2.75) is 74.8 Å². The fourth-order valence-corrected chi connectivity index (χ4v) is 7.60. The van der Waals surface area contributed by atoms with Crippen molar-refractivity contribution in [3.05, 3.63) is 64.7 Å². The summed E-state index contributed by atoms with van der Waals surface area (Å²) in [5, 5.41) is 9.40. The first-order valence-electron chi connectivity index (χ1n) is 15.9. The quantitative estimate of drug-likeness (QED) is 0.155. The van der Waals surface area contributed by atoms with Crippen LogP contribution in [0.25, 0.3) is 0 Å². The number of nitrogens with one attached hydrogen (secondary N) is 4. The molecule has 49 heavy (non-hydrogen) atoms. The van der Waals surface area contributed by atoms with E-state index in [-0.39, 0.29) is 24.0 Å². The Labute approximate surface area is 286 Å². The van der Waals surface area contributed by atoms with E-state index in [0.29, 0.717) is 49.2 Å². The van der Waals surface area contributed by atoms with Crippen molar-refractivity contribution in [1.29, 1.82) is 0 Å². The van der Waals surface area contributed by atoms with E-state index in [4.69, 9.17) is 16.3 Å². The molecule has 12 nitrogen and oxygen atoms in total. The highest BCUT2D eigenvalue weighted by Crippen LogP contribution is 2.50. The molecule has 0 aliphatic heterocycles. The summed E-state index contributed by atoms with van der Waals surface area (Å²) in [5.74, 6) is -1.16. The Morgan fingerprint density at radius 1 is 0.918 bits per heavy atom. The molecule has 1 aromatic heterocycles. The highest BCUT2D eigenvalue weighted by molar-refractivity contribution is 7.91. The Kier molecular flexibility index (Phi) is 9.15. The van der Waals surface area contributed by atoms with E-state index in [1.165, 1.54) is 12.1 Å². The Morgan fingerprint density at radius 2 is 1.57 bits per heavy atom. The second-order valence-corrected chi connectivity index (χ2v) is 15.4. The van der Waals surface area contributed by atoms with Crippen LogP contribution in [0, 0.1) is 5.41 Å². The smallest absolute Gasteiger partial charge is 0.422 e. The van der Waals surface area contributed by atoms with Gasteiger partial charge in [0.05, 0.1) is 15.7 Å². The number of ether oxygens (including phenoxy) is 1. The molecule has 0 radical (unpaired) electrons. The number of anilines is 3. The molecular weight excluding hydrogens is 687 g/mol. The fraction of sp³-hybridized carbons (Fsp3) is 0.469. The number of nitrogens with zero attached hydrogens (tertiary/aromatic N) is 3. The highest BCUT2D eigenvalue weighted by Gasteiger charge is 2.57. The largest absolute Gasteiger partial charge is 0.454 e. The Bertz CT molecular complexity index is 1830. The van der Waals surface area contributed by atoms with Crippen LogP contribution >= 0.6 is 11.6 Å². The molecule has 2 amide bonds. The van der Waals surface area contributed by atoms with Crippen LogP contribution in [0.1, 0.15) is 74.2 Å². The molecule has 6 rings (SSSR count). The van der Waals surface area contributed by atoms with Crippen molar-refractivity contribution in [3.8, 4) is 6.01 Å². The number of aromatic nitrogens is 3. The topological polar surface area (TPSA) is 164 Å². The maximum Gasteiger partial charge on any atom is 0.422 e. The summed E-state index contributed by atoms with van der Waals surface area (Å²) < 4.78 is 70.7. The summed E-state index contributed by atoms with van der Waals surface area (Å²) in [6, 6.07) is 12.8. The first-order chi connectivity index (χ1) is 23.2. The van der Waals surface area contributed by atoms with Crippen LogP contribution in [-0.2, 0) is 20.4 Å². The van der Waals surface area contributed by atoms with Gasteiger partial charge in [-0.15, -0.1) is 0 Å². The third-order valence-electron chi connectivity index (χ3n) is 9.11. The van der Waals surface area contributed by atoms with Gasteiger partial charge in [-0.25, -0.2) is 8.42 Å². The summed E-state index contributed by atoms with van der Waals surface area (Å²) in [5.41, 5.74) is 0.0891. The molecule has 0 saturated heterocycles.